The Balaban J connectivity index is 1.59. The number of carbonyl (C=O) groups is 2. The summed E-state index contributed by atoms with van der Waals surface area (Å²) in [6.07, 6.45) is 5.88. The van der Waals surface area contributed by atoms with Crippen LogP contribution in [0.4, 0.5) is 4.79 Å². The zero-order chi connectivity index (χ0) is 12.7. The summed E-state index contributed by atoms with van der Waals surface area (Å²) in [7, 11) is 0. The Bertz CT molecular complexity index is 371. The topological polar surface area (TPSA) is 69.6 Å². The molecular weight excluding hydrogens is 232 g/mol. The number of carboxylic acids is 1. The van der Waals surface area contributed by atoms with Gasteiger partial charge in [-0.25, -0.2) is 4.79 Å². The Kier molecular flexibility index (Phi) is 2.92. The molecule has 18 heavy (non-hydrogen) atoms. The summed E-state index contributed by atoms with van der Waals surface area (Å²) in [5.74, 6) is -0.492. The molecule has 4 atom stereocenters. The fraction of sp³-hybridized carbons (Fsp3) is 0.846. The monoisotopic (exact) mass is 252 g/mol. The normalized spacial score (nSPS) is 38.1. The number of carboxylic acid groups (broad SMARTS) is 1. The number of piperidine rings is 1. The van der Waals surface area contributed by atoms with E-state index in [0.29, 0.717) is 18.4 Å². The Morgan fingerprint density at radius 1 is 1.17 bits per heavy atom. The number of urea groups is 1. The predicted molar refractivity (Wildman–Crippen MR) is 65.1 cm³/mol. The zero-order valence-electron chi connectivity index (χ0n) is 10.5. The van der Waals surface area contributed by atoms with Gasteiger partial charge in [-0.2, -0.15) is 0 Å². The molecule has 3 rings (SSSR count). The molecule has 0 radical (unpaired) electrons. The lowest BCUT2D eigenvalue weighted by molar-refractivity contribution is -0.142. The second-order valence-corrected chi connectivity index (χ2v) is 5.92. The fourth-order valence-electron chi connectivity index (χ4n) is 3.84. The summed E-state index contributed by atoms with van der Waals surface area (Å²) in [6, 6.07) is 0.189. The Morgan fingerprint density at radius 2 is 2.00 bits per heavy atom. The maximum absolute atomic E-state index is 12.2. The summed E-state index contributed by atoms with van der Waals surface area (Å²) in [5, 5.41) is 12.0. The van der Waals surface area contributed by atoms with Crippen molar-refractivity contribution in [2.45, 2.75) is 50.6 Å². The smallest absolute Gasteiger partial charge is 0.317 e. The van der Waals surface area contributed by atoms with Crippen LogP contribution in [0.15, 0.2) is 0 Å². The number of likely N-dealkylation sites (tertiary alicyclic amines) is 1. The van der Waals surface area contributed by atoms with Crippen LogP contribution in [0.2, 0.25) is 0 Å². The molecule has 5 nitrogen and oxygen atoms in total. The molecule has 3 aliphatic rings. The summed E-state index contributed by atoms with van der Waals surface area (Å²) >= 11 is 0. The van der Waals surface area contributed by atoms with Gasteiger partial charge in [0, 0.05) is 18.6 Å². The molecule has 0 spiro atoms. The van der Waals surface area contributed by atoms with Crippen molar-refractivity contribution in [3.63, 3.8) is 0 Å². The van der Waals surface area contributed by atoms with E-state index in [4.69, 9.17) is 5.11 Å². The minimum Gasteiger partial charge on any atom is -0.481 e. The maximum Gasteiger partial charge on any atom is 0.317 e. The third-order valence-electron chi connectivity index (χ3n) is 4.81. The van der Waals surface area contributed by atoms with Crippen molar-refractivity contribution >= 4 is 12.0 Å². The van der Waals surface area contributed by atoms with E-state index in [2.05, 4.69) is 5.32 Å². The van der Waals surface area contributed by atoms with E-state index in [1.165, 1.54) is 6.42 Å². The van der Waals surface area contributed by atoms with Gasteiger partial charge in [0.15, 0.2) is 0 Å². The van der Waals surface area contributed by atoms with Crippen molar-refractivity contribution < 1.29 is 14.7 Å². The number of amides is 2. The Labute approximate surface area is 107 Å². The highest BCUT2D eigenvalue weighted by Gasteiger charge is 2.42. The van der Waals surface area contributed by atoms with Crippen LogP contribution in [0.1, 0.15) is 38.5 Å². The van der Waals surface area contributed by atoms with Crippen LogP contribution < -0.4 is 5.32 Å². The highest BCUT2D eigenvalue weighted by molar-refractivity contribution is 5.77. The first-order chi connectivity index (χ1) is 8.65. The van der Waals surface area contributed by atoms with Gasteiger partial charge in [0.05, 0.1) is 5.92 Å². The summed E-state index contributed by atoms with van der Waals surface area (Å²) < 4.78 is 0. The molecule has 5 heteroatoms. The molecule has 2 N–H and O–H groups in total. The molecule has 2 amide bonds. The van der Waals surface area contributed by atoms with Crippen LogP contribution in [0.25, 0.3) is 0 Å². The largest absolute Gasteiger partial charge is 0.481 e. The van der Waals surface area contributed by atoms with Crippen molar-refractivity contribution in [2.24, 2.45) is 11.8 Å². The van der Waals surface area contributed by atoms with Gasteiger partial charge in [-0.05, 0) is 38.0 Å². The van der Waals surface area contributed by atoms with E-state index < -0.39 is 11.9 Å². The first-order valence-corrected chi connectivity index (χ1v) is 6.95. The van der Waals surface area contributed by atoms with Gasteiger partial charge in [0.25, 0.3) is 0 Å². The molecular formula is C13H20N2O3. The first-order valence-electron chi connectivity index (χ1n) is 6.95. The lowest BCUT2D eigenvalue weighted by Gasteiger charge is -2.29. The summed E-state index contributed by atoms with van der Waals surface area (Å²) in [5.41, 5.74) is 0. The molecule has 3 fully saturated rings. The first kappa shape index (κ1) is 11.8. The molecule has 0 aromatic heterocycles. The Morgan fingerprint density at radius 3 is 2.61 bits per heavy atom. The van der Waals surface area contributed by atoms with Crippen LogP contribution in [0, 0.1) is 11.8 Å². The Hall–Kier alpha value is -1.26. The van der Waals surface area contributed by atoms with Gasteiger partial charge in [-0.3, -0.25) is 4.79 Å². The molecule has 1 aliphatic heterocycles. The van der Waals surface area contributed by atoms with Gasteiger partial charge in [-0.15, -0.1) is 0 Å². The minimum atomic E-state index is -0.777. The standard InChI is InChI=1S/C13H20N2O3/c16-12(17)10-2-1-3-11(10)14-13(18)15-7-8-4-5-9(15)6-8/h8-11H,1-7H2,(H,14,18)(H,16,17). The van der Waals surface area contributed by atoms with Gasteiger partial charge in [0.1, 0.15) is 0 Å². The minimum absolute atomic E-state index is 0.0413. The van der Waals surface area contributed by atoms with E-state index >= 15 is 0 Å². The third-order valence-corrected chi connectivity index (χ3v) is 4.81. The van der Waals surface area contributed by atoms with Gasteiger partial charge in [-0.1, -0.05) is 6.42 Å². The molecule has 2 aliphatic carbocycles. The van der Waals surface area contributed by atoms with E-state index in [1.807, 2.05) is 4.90 Å². The predicted octanol–water partition coefficient (Wildman–Crippen LogP) is 1.43. The molecule has 1 saturated heterocycles. The second kappa shape index (κ2) is 4.44. The SMILES string of the molecule is O=C(O)C1CCCC1NC(=O)N1CC2CCC1C2. The van der Waals surface area contributed by atoms with Gasteiger partial charge in [0.2, 0.25) is 0 Å². The van der Waals surface area contributed by atoms with Crippen molar-refractivity contribution in [2.75, 3.05) is 6.54 Å². The number of carbonyl (C=O) groups excluding carboxylic acids is 1. The van der Waals surface area contributed by atoms with Crippen molar-refractivity contribution in [1.82, 2.24) is 10.2 Å². The second-order valence-electron chi connectivity index (χ2n) is 5.92. The molecule has 2 saturated carbocycles. The quantitative estimate of drug-likeness (QED) is 0.781. The van der Waals surface area contributed by atoms with E-state index in [9.17, 15) is 9.59 Å². The lowest BCUT2D eigenvalue weighted by atomic mass is 10.0. The summed E-state index contributed by atoms with van der Waals surface area (Å²) in [4.78, 5) is 25.2. The zero-order valence-corrected chi connectivity index (χ0v) is 10.5. The highest BCUT2D eigenvalue weighted by atomic mass is 16.4. The molecule has 1 heterocycles. The number of fused-ring (bicyclic) bond motifs is 2. The van der Waals surface area contributed by atoms with Crippen LogP contribution in [0.3, 0.4) is 0 Å². The van der Waals surface area contributed by atoms with Crippen LogP contribution >= 0.6 is 0 Å². The number of nitrogens with zero attached hydrogens (tertiary/aromatic N) is 1. The van der Waals surface area contributed by atoms with Crippen molar-refractivity contribution in [3.05, 3.63) is 0 Å². The maximum atomic E-state index is 12.2. The van der Waals surface area contributed by atoms with Crippen LogP contribution in [-0.4, -0.2) is 40.6 Å². The van der Waals surface area contributed by atoms with E-state index in [1.54, 1.807) is 0 Å². The van der Waals surface area contributed by atoms with Crippen molar-refractivity contribution in [1.29, 1.82) is 0 Å². The molecule has 2 bridgehead atoms. The lowest BCUT2D eigenvalue weighted by Crippen LogP contribution is -2.49. The van der Waals surface area contributed by atoms with E-state index in [0.717, 1.165) is 32.2 Å². The van der Waals surface area contributed by atoms with E-state index in [-0.39, 0.29) is 12.1 Å². The summed E-state index contributed by atoms with van der Waals surface area (Å²) in [6.45, 7) is 0.862. The molecule has 4 unspecified atom stereocenters. The number of nitrogens with one attached hydrogen (secondary N) is 1. The highest BCUT2D eigenvalue weighted by Crippen LogP contribution is 2.37. The third kappa shape index (κ3) is 1.95. The molecule has 100 valence electrons. The number of aliphatic carboxylic acids is 1. The average Bonchev–Trinajstić information content (AvgIpc) is 3.03. The van der Waals surface area contributed by atoms with Crippen molar-refractivity contribution in [3.8, 4) is 0 Å². The van der Waals surface area contributed by atoms with Gasteiger partial charge < -0.3 is 15.3 Å². The van der Waals surface area contributed by atoms with Gasteiger partial charge >= 0.3 is 12.0 Å². The number of hydrogen-bond acceptors (Lipinski definition) is 2. The molecule has 0 aromatic rings. The fourth-order valence-corrected chi connectivity index (χ4v) is 3.84. The number of hydrogen-bond donors (Lipinski definition) is 2. The number of rotatable bonds is 2. The average molecular weight is 252 g/mol. The van der Waals surface area contributed by atoms with Crippen LogP contribution in [0.5, 0.6) is 0 Å². The molecule has 0 aromatic carbocycles. The van der Waals surface area contributed by atoms with Crippen LogP contribution in [-0.2, 0) is 4.79 Å².